The number of aromatic amines is 1. The third-order valence-corrected chi connectivity index (χ3v) is 4.84. The lowest BCUT2D eigenvalue weighted by Crippen LogP contribution is -2.31. The fraction of sp³-hybridized carbons (Fsp3) is 0.571. The second-order valence-corrected chi connectivity index (χ2v) is 5.85. The first-order valence-corrected chi connectivity index (χ1v) is 7.04. The van der Waals surface area contributed by atoms with E-state index in [0.29, 0.717) is 6.04 Å². The van der Waals surface area contributed by atoms with E-state index in [1.54, 1.807) is 6.33 Å². The summed E-state index contributed by atoms with van der Waals surface area (Å²) in [6.45, 7) is 2.39. The molecule has 0 spiro atoms. The number of rotatable bonds is 2. The van der Waals surface area contributed by atoms with Crippen LogP contribution in [0.5, 0.6) is 0 Å². The molecule has 1 aliphatic heterocycles. The molecule has 3 atom stereocenters. The van der Waals surface area contributed by atoms with Crippen molar-refractivity contribution >= 4 is 16.9 Å². The fourth-order valence-electron chi connectivity index (χ4n) is 3.76. The predicted molar refractivity (Wildman–Crippen MR) is 75.2 cm³/mol. The standard InChI is InChI=1S/C14H19N5/c1-19(11-4-9-6-15-7-10(9)5-11)14-12-2-3-16-13(12)17-8-18-14/h2-3,8-11,15H,4-7H2,1H3,(H,16,17,18)/t9-,10+,11+. The third kappa shape index (κ3) is 1.72. The van der Waals surface area contributed by atoms with Gasteiger partial charge >= 0.3 is 0 Å². The number of nitrogens with zero attached hydrogens (tertiary/aromatic N) is 3. The molecule has 2 fully saturated rings. The average molecular weight is 257 g/mol. The molecule has 3 heterocycles. The third-order valence-electron chi connectivity index (χ3n) is 4.84. The van der Waals surface area contributed by atoms with Gasteiger partial charge in [-0.3, -0.25) is 0 Å². The van der Waals surface area contributed by atoms with E-state index in [2.05, 4.69) is 38.3 Å². The summed E-state index contributed by atoms with van der Waals surface area (Å²) in [5, 5.41) is 4.63. The minimum Gasteiger partial charge on any atom is -0.356 e. The van der Waals surface area contributed by atoms with E-state index in [4.69, 9.17) is 0 Å². The lowest BCUT2D eigenvalue weighted by atomic mass is 10.0. The molecule has 1 saturated heterocycles. The Bertz CT molecular complexity index is 580. The molecule has 2 N–H and O–H groups in total. The Morgan fingerprint density at radius 2 is 2.00 bits per heavy atom. The van der Waals surface area contributed by atoms with E-state index >= 15 is 0 Å². The highest BCUT2D eigenvalue weighted by Crippen LogP contribution is 2.38. The van der Waals surface area contributed by atoms with Crippen LogP contribution in [-0.2, 0) is 0 Å². The molecule has 100 valence electrons. The molecule has 1 aliphatic carbocycles. The van der Waals surface area contributed by atoms with Gasteiger partial charge in [-0.05, 0) is 43.8 Å². The van der Waals surface area contributed by atoms with Crippen LogP contribution in [0.3, 0.4) is 0 Å². The molecular formula is C14H19N5. The maximum atomic E-state index is 4.50. The van der Waals surface area contributed by atoms with Crippen LogP contribution >= 0.6 is 0 Å². The number of hydrogen-bond donors (Lipinski definition) is 2. The molecule has 2 aromatic rings. The van der Waals surface area contributed by atoms with Gasteiger partial charge in [0.2, 0.25) is 0 Å². The Morgan fingerprint density at radius 1 is 1.21 bits per heavy atom. The topological polar surface area (TPSA) is 56.8 Å². The molecule has 0 aromatic carbocycles. The van der Waals surface area contributed by atoms with Gasteiger partial charge in [-0.15, -0.1) is 0 Å². The summed E-state index contributed by atoms with van der Waals surface area (Å²) >= 11 is 0. The van der Waals surface area contributed by atoms with Gasteiger partial charge in [0.15, 0.2) is 0 Å². The van der Waals surface area contributed by atoms with Crippen molar-refractivity contribution < 1.29 is 0 Å². The van der Waals surface area contributed by atoms with Crippen LogP contribution in [0.15, 0.2) is 18.6 Å². The summed E-state index contributed by atoms with van der Waals surface area (Å²) in [6.07, 6.45) is 6.15. The van der Waals surface area contributed by atoms with Crippen LogP contribution in [-0.4, -0.2) is 41.1 Å². The molecule has 5 heteroatoms. The van der Waals surface area contributed by atoms with Crippen molar-refractivity contribution in [1.82, 2.24) is 20.3 Å². The van der Waals surface area contributed by atoms with E-state index in [0.717, 1.165) is 28.7 Å². The average Bonchev–Trinajstić information content (AvgIpc) is 3.11. The molecule has 2 aromatic heterocycles. The molecule has 4 rings (SSSR count). The van der Waals surface area contributed by atoms with E-state index in [9.17, 15) is 0 Å². The zero-order valence-corrected chi connectivity index (χ0v) is 11.1. The smallest absolute Gasteiger partial charge is 0.142 e. The zero-order valence-electron chi connectivity index (χ0n) is 11.1. The van der Waals surface area contributed by atoms with Crippen LogP contribution < -0.4 is 10.2 Å². The Kier molecular flexibility index (Phi) is 2.48. The van der Waals surface area contributed by atoms with Crippen molar-refractivity contribution in [3.05, 3.63) is 18.6 Å². The SMILES string of the molecule is CN(c1ncnc2[nH]ccc12)[C@@H]1C[C@H]2CNC[C@H]2C1. The fourth-order valence-corrected chi connectivity index (χ4v) is 3.76. The molecule has 5 nitrogen and oxygen atoms in total. The predicted octanol–water partition coefficient (Wildman–Crippen LogP) is 1.39. The van der Waals surface area contributed by atoms with Gasteiger partial charge in [0.1, 0.15) is 17.8 Å². The summed E-state index contributed by atoms with van der Waals surface area (Å²) in [5.41, 5.74) is 0.928. The van der Waals surface area contributed by atoms with Crippen molar-refractivity contribution in [2.45, 2.75) is 18.9 Å². The lowest BCUT2D eigenvalue weighted by Gasteiger charge is -2.26. The number of anilines is 1. The Balaban J connectivity index is 1.63. The maximum absolute atomic E-state index is 4.50. The summed E-state index contributed by atoms with van der Waals surface area (Å²) in [7, 11) is 2.17. The van der Waals surface area contributed by atoms with Crippen molar-refractivity contribution in [3.63, 3.8) is 0 Å². The molecule has 19 heavy (non-hydrogen) atoms. The summed E-state index contributed by atoms with van der Waals surface area (Å²) < 4.78 is 0. The van der Waals surface area contributed by atoms with Gasteiger partial charge in [-0.1, -0.05) is 0 Å². The minimum atomic E-state index is 0.616. The van der Waals surface area contributed by atoms with Gasteiger partial charge in [-0.2, -0.15) is 0 Å². The molecular weight excluding hydrogens is 238 g/mol. The zero-order chi connectivity index (χ0) is 12.8. The van der Waals surface area contributed by atoms with Crippen molar-refractivity contribution in [2.24, 2.45) is 11.8 Å². The molecule has 0 unspecified atom stereocenters. The summed E-state index contributed by atoms with van der Waals surface area (Å²) in [5.74, 6) is 2.77. The monoisotopic (exact) mass is 257 g/mol. The Morgan fingerprint density at radius 3 is 2.79 bits per heavy atom. The van der Waals surface area contributed by atoms with E-state index in [1.807, 2.05) is 6.20 Å². The highest BCUT2D eigenvalue weighted by molar-refractivity contribution is 5.87. The normalized spacial score (nSPS) is 29.8. The van der Waals surface area contributed by atoms with Crippen LogP contribution in [0.4, 0.5) is 5.82 Å². The molecule has 0 radical (unpaired) electrons. The molecule has 1 saturated carbocycles. The Hall–Kier alpha value is -1.62. The van der Waals surface area contributed by atoms with Gasteiger partial charge in [-0.25, -0.2) is 9.97 Å². The van der Waals surface area contributed by atoms with Crippen LogP contribution in [0.2, 0.25) is 0 Å². The highest BCUT2D eigenvalue weighted by Gasteiger charge is 2.39. The first-order valence-electron chi connectivity index (χ1n) is 7.04. The molecule has 2 aliphatic rings. The number of aromatic nitrogens is 3. The Labute approximate surface area is 112 Å². The van der Waals surface area contributed by atoms with Gasteiger partial charge in [0, 0.05) is 19.3 Å². The van der Waals surface area contributed by atoms with Crippen LogP contribution in [0.1, 0.15) is 12.8 Å². The van der Waals surface area contributed by atoms with E-state index in [-0.39, 0.29) is 0 Å². The number of H-pyrrole nitrogens is 1. The second-order valence-electron chi connectivity index (χ2n) is 5.85. The molecule has 0 amide bonds. The van der Waals surface area contributed by atoms with Gasteiger partial charge < -0.3 is 15.2 Å². The first-order chi connectivity index (χ1) is 9.33. The first kappa shape index (κ1) is 11.2. The van der Waals surface area contributed by atoms with Crippen LogP contribution in [0, 0.1) is 11.8 Å². The second kappa shape index (κ2) is 4.20. The summed E-state index contributed by atoms with van der Waals surface area (Å²) in [6, 6.07) is 2.68. The molecule has 0 bridgehead atoms. The minimum absolute atomic E-state index is 0.616. The largest absolute Gasteiger partial charge is 0.356 e. The maximum Gasteiger partial charge on any atom is 0.142 e. The van der Waals surface area contributed by atoms with E-state index in [1.165, 1.54) is 25.9 Å². The number of hydrogen-bond acceptors (Lipinski definition) is 4. The van der Waals surface area contributed by atoms with Crippen LogP contribution in [0.25, 0.3) is 11.0 Å². The number of fused-ring (bicyclic) bond motifs is 2. The van der Waals surface area contributed by atoms with Crippen molar-refractivity contribution in [2.75, 3.05) is 25.0 Å². The van der Waals surface area contributed by atoms with Crippen molar-refractivity contribution in [1.29, 1.82) is 0 Å². The number of nitrogens with one attached hydrogen (secondary N) is 2. The van der Waals surface area contributed by atoms with Gasteiger partial charge in [0.25, 0.3) is 0 Å². The van der Waals surface area contributed by atoms with Crippen molar-refractivity contribution in [3.8, 4) is 0 Å². The lowest BCUT2D eigenvalue weighted by molar-refractivity contribution is 0.494. The van der Waals surface area contributed by atoms with E-state index < -0.39 is 0 Å². The summed E-state index contributed by atoms with van der Waals surface area (Å²) in [4.78, 5) is 14.3. The quantitative estimate of drug-likeness (QED) is 0.853. The highest BCUT2D eigenvalue weighted by atomic mass is 15.2. The van der Waals surface area contributed by atoms with Gasteiger partial charge in [0.05, 0.1) is 5.39 Å².